The summed E-state index contributed by atoms with van der Waals surface area (Å²) in [6, 6.07) is 0. The monoisotopic (exact) mass is 213 g/mol. The minimum absolute atomic E-state index is 0.0220. The molecule has 0 aromatic heterocycles. The molecule has 0 N–H and O–H groups in total. The molecular weight excluding hydrogens is 194 g/mol. The molecule has 4 nitrogen and oxygen atoms in total. The standard InChI is InChI=1S/C11H19NO3/c1-11(2,3)15-10(13)12-7-5-6-9(8-12)14-4/h5-6,9H,7-8H2,1-4H3. The zero-order valence-electron chi connectivity index (χ0n) is 9.82. The summed E-state index contributed by atoms with van der Waals surface area (Å²) in [6.45, 7) is 6.73. The highest BCUT2D eigenvalue weighted by Crippen LogP contribution is 2.12. The van der Waals surface area contributed by atoms with Gasteiger partial charge in [0, 0.05) is 13.7 Å². The number of carbonyl (C=O) groups is 1. The number of hydrogen-bond acceptors (Lipinski definition) is 3. The van der Waals surface area contributed by atoms with Gasteiger partial charge in [-0.25, -0.2) is 4.79 Å². The SMILES string of the molecule is COC1C=CCN(C(=O)OC(C)(C)C)C1. The lowest BCUT2D eigenvalue weighted by molar-refractivity contribution is 0.0147. The van der Waals surface area contributed by atoms with Crippen LogP contribution in [0.3, 0.4) is 0 Å². The van der Waals surface area contributed by atoms with E-state index in [0.717, 1.165) is 0 Å². The van der Waals surface area contributed by atoms with Crippen molar-refractivity contribution >= 4 is 6.09 Å². The molecule has 0 aromatic rings. The number of rotatable bonds is 1. The van der Waals surface area contributed by atoms with Crippen molar-refractivity contribution in [3.05, 3.63) is 12.2 Å². The van der Waals surface area contributed by atoms with Gasteiger partial charge in [0.1, 0.15) is 5.60 Å². The molecule has 0 bridgehead atoms. The van der Waals surface area contributed by atoms with Gasteiger partial charge < -0.3 is 14.4 Å². The van der Waals surface area contributed by atoms with Crippen LogP contribution in [0.4, 0.5) is 4.79 Å². The molecule has 0 spiro atoms. The third-order valence-electron chi connectivity index (χ3n) is 2.03. The van der Waals surface area contributed by atoms with E-state index in [1.807, 2.05) is 32.9 Å². The smallest absolute Gasteiger partial charge is 0.410 e. The van der Waals surface area contributed by atoms with Gasteiger partial charge in [0.2, 0.25) is 0 Å². The third-order valence-corrected chi connectivity index (χ3v) is 2.03. The Morgan fingerprint density at radius 3 is 2.67 bits per heavy atom. The number of hydrogen-bond donors (Lipinski definition) is 0. The molecule has 0 fully saturated rings. The van der Waals surface area contributed by atoms with Crippen LogP contribution in [0.5, 0.6) is 0 Å². The molecule has 15 heavy (non-hydrogen) atoms. The Hall–Kier alpha value is -1.03. The zero-order chi connectivity index (χ0) is 11.5. The highest BCUT2D eigenvalue weighted by atomic mass is 16.6. The van der Waals surface area contributed by atoms with Crippen molar-refractivity contribution in [2.45, 2.75) is 32.5 Å². The average molecular weight is 213 g/mol. The van der Waals surface area contributed by atoms with Gasteiger partial charge in [0.25, 0.3) is 0 Å². The van der Waals surface area contributed by atoms with Crippen LogP contribution in [0.25, 0.3) is 0 Å². The van der Waals surface area contributed by atoms with Crippen LogP contribution in [0.15, 0.2) is 12.2 Å². The Morgan fingerprint density at radius 2 is 2.13 bits per heavy atom. The van der Waals surface area contributed by atoms with Crippen LogP contribution >= 0.6 is 0 Å². The topological polar surface area (TPSA) is 38.8 Å². The summed E-state index contributed by atoms with van der Waals surface area (Å²) in [7, 11) is 1.63. The molecule has 0 radical (unpaired) electrons. The summed E-state index contributed by atoms with van der Waals surface area (Å²) in [6.07, 6.45) is 3.57. The van der Waals surface area contributed by atoms with Crippen molar-refractivity contribution in [1.29, 1.82) is 0 Å². The van der Waals surface area contributed by atoms with Gasteiger partial charge in [-0.1, -0.05) is 12.2 Å². The number of nitrogens with zero attached hydrogens (tertiary/aromatic N) is 1. The molecule has 86 valence electrons. The average Bonchev–Trinajstić information content (AvgIpc) is 2.15. The zero-order valence-corrected chi connectivity index (χ0v) is 9.82. The van der Waals surface area contributed by atoms with Gasteiger partial charge in [0.15, 0.2) is 0 Å². The molecule has 4 heteroatoms. The molecule has 0 saturated carbocycles. The minimum Gasteiger partial charge on any atom is -0.444 e. The van der Waals surface area contributed by atoms with Crippen LogP contribution < -0.4 is 0 Å². The van der Waals surface area contributed by atoms with Crippen LogP contribution in [0, 0.1) is 0 Å². The lowest BCUT2D eigenvalue weighted by atomic mass is 10.2. The predicted octanol–water partition coefficient (Wildman–Crippen LogP) is 1.81. The van der Waals surface area contributed by atoms with E-state index in [1.165, 1.54) is 0 Å². The number of amides is 1. The van der Waals surface area contributed by atoms with E-state index in [1.54, 1.807) is 12.0 Å². The van der Waals surface area contributed by atoms with Crippen molar-refractivity contribution in [3.8, 4) is 0 Å². The Kier molecular flexibility index (Phi) is 3.74. The maximum absolute atomic E-state index is 11.7. The first-order chi connectivity index (χ1) is 6.92. The maximum Gasteiger partial charge on any atom is 0.410 e. The maximum atomic E-state index is 11.7. The van der Waals surface area contributed by atoms with Gasteiger partial charge in [-0.3, -0.25) is 0 Å². The molecular formula is C11H19NO3. The summed E-state index contributed by atoms with van der Waals surface area (Å²) in [5.41, 5.74) is -0.444. The van der Waals surface area contributed by atoms with Crippen molar-refractivity contribution in [1.82, 2.24) is 4.90 Å². The highest BCUT2D eigenvalue weighted by molar-refractivity contribution is 5.68. The first kappa shape index (κ1) is 12.0. The fourth-order valence-electron chi connectivity index (χ4n) is 1.32. The first-order valence-electron chi connectivity index (χ1n) is 5.10. The third kappa shape index (κ3) is 3.91. The Morgan fingerprint density at radius 1 is 1.47 bits per heavy atom. The highest BCUT2D eigenvalue weighted by Gasteiger charge is 2.24. The number of ether oxygens (including phenoxy) is 2. The first-order valence-corrected chi connectivity index (χ1v) is 5.10. The summed E-state index contributed by atoms with van der Waals surface area (Å²) in [5.74, 6) is 0. The van der Waals surface area contributed by atoms with Crippen LogP contribution in [0.2, 0.25) is 0 Å². The quantitative estimate of drug-likeness (QED) is 0.623. The van der Waals surface area contributed by atoms with E-state index in [-0.39, 0.29) is 12.2 Å². The normalized spacial score (nSPS) is 21.6. The Balaban J connectivity index is 2.51. The fraction of sp³-hybridized carbons (Fsp3) is 0.727. The van der Waals surface area contributed by atoms with E-state index in [2.05, 4.69) is 0 Å². The second-order valence-electron chi connectivity index (χ2n) is 4.59. The van der Waals surface area contributed by atoms with Gasteiger partial charge in [-0.15, -0.1) is 0 Å². The van der Waals surface area contributed by atoms with Crippen molar-refractivity contribution in [2.75, 3.05) is 20.2 Å². The molecule has 1 heterocycles. The van der Waals surface area contributed by atoms with E-state index in [4.69, 9.17) is 9.47 Å². The summed E-state index contributed by atoms with van der Waals surface area (Å²) < 4.78 is 10.4. The van der Waals surface area contributed by atoms with Crippen molar-refractivity contribution in [2.24, 2.45) is 0 Å². The molecule has 1 aliphatic rings. The molecule has 0 aromatic carbocycles. The molecule has 0 saturated heterocycles. The molecule has 1 unspecified atom stereocenters. The van der Waals surface area contributed by atoms with Gasteiger partial charge in [-0.2, -0.15) is 0 Å². The van der Waals surface area contributed by atoms with Crippen molar-refractivity contribution in [3.63, 3.8) is 0 Å². The second-order valence-corrected chi connectivity index (χ2v) is 4.59. The van der Waals surface area contributed by atoms with Gasteiger partial charge in [0.05, 0.1) is 12.6 Å². The molecule has 0 aliphatic carbocycles. The Labute approximate surface area is 90.8 Å². The minimum atomic E-state index is -0.444. The summed E-state index contributed by atoms with van der Waals surface area (Å²) >= 11 is 0. The molecule has 1 amide bonds. The van der Waals surface area contributed by atoms with Gasteiger partial charge in [-0.05, 0) is 20.8 Å². The molecule has 1 rings (SSSR count). The lowest BCUT2D eigenvalue weighted by Gasteiger charge is -2.30. The van der Waals surface area contributed by atoms with Crippen LogP contribution in [-0.2, 0) is 9.47 Å². The van der Waals surface area contributed by atoms with Crippen molar-refractivity contribution < 1.29 is 14.3 Å². The molecule has 1 aliphatic heterocycles. The summed E-state index contributed by atoms with van der Waals surface area (Å²) in [5, 5.41) is 0. The summed E-state index contributed by atoms with van der Waals surface area (Å²) in [4.78, 5) is 13.3. The number of methoxy groups -OCH3 is 1. The van der Waals surface area contributed by atoms with E-state index < -0.39 is 5.60 Å². The van der Waals surface area contributed by atoms with Crippen LogP contribution in [-0.4, -0.2) is 42.9 Å². The van der Waals surface area contributed by atoms with E-state index >= 15 is 0 Å². The molecule has 1 atom stereocenters. The van der Waals surface area contributed by atoms with Crippen LogP contribution in [0.1, 0.15) is 20.8 Å². The largest absolute Gasteiger partial charge is 0.444 e. The lowest BCUT2D eigenvalue weighted by Crippen LogP contribution is -2.43. The van der Waals surface area contributed by atoms with E-state index in [0.29, 0.717) is 13.1 Å². The van der Waals surface area contributed by atoms with Gasteiger partial charge >= 0.3 is 6.09 Å². The number of carbonyl (C=O) groups excluding carboxylic acids is 1. The Bertz CT molecular complexity index is 255. The van der Waals surface area contributed by atoms with E-state index in [9.17, 15) is 4.79 Å². The second kappa shape index (κ2) is 4.66. The fourth-order valence-corrected chi connectivity index (χ4v) is 1.32. The predicted molar refractivity (Wildman–Crippen MR) is 57.7 cm³/mol.